The summed E-state index contributed by atoms with van der Waals surface area (Å²) >= 11 is 0. The number of carbonyl (C=O) groups is 1. The molecule has 3 rings (SSSR count). The zero-order valence-corrected chi connectivity index (χ0v) is 12.8. The van der Waals surface area contributed by atoms with E-state index in [0.29, 0.717) is 12.1 Å². The predicted molar refractivity (Wildman–Crippen MR) is 86.2 cm³/mol. The largest absolute Gasteiger partial charge is 0.465 e. The summed E-state index contributed by atoms with van der Waals surface area (Å²) in [7, 11) is 1.39. The average molecular weight is 307 g/mol. The second kappa shape index (κ2) is 6.87. The third-order valence-electron chi connectivity index (χ3n) is 3.59. The summed E-state index contributed by atoms with van der Waals surface area (Å²) in [4.78, 5) is 20.2. The van der Waals surface area contributed by atoms with Crippen molar-refractivity contribution in [1.29, 1.82) is 0 Å². The van der Waals surface area contributed by atoms with Gasteiger partial charge in [-0.15, -0.1) is 0 Å². The lowest BCUT2D eigenvalue weighted by Crippen LogP contribution is -2.07. The SMILES string of the molecule is COC(=O)c1cccc(Cn2ccnc2Cc2cccnc2)c1. The third-order valence-corrected chi connectivity index (χ3v) is 3.59. The molecule has 0 radical (unpaired) electrons. The Hall–Kier alpha value is -2.95. The fourth-order valence-corrected chi connectivity index (χ4v) is 2.45. The first-order chi connectivity index (χ1) is 11.3. The van der Waals surface area contributed by atoms with E-state index in [1.54, 1.807) is 18.5 Å². The highest BCUT2D eigenvalue weighted by Crippen LogP contribution is 2.12. The molecule has 116 valence electrons. The van der Waals surface area contributed by atoms with Crippen molar-refractivity contribution in [1.82, 2.24) is 14.5 Å². The molecule has 0 bridgehead atoms. The maximum atomic E-state index is 11.6. The Balaban J connectivity index is 1.79. The van der Waals surface area contributed by atoms with Crippen molar-refractivity contribution >= 4 is 5.97 Å². The van der Waals surface area contributed by atoms with Gasteiger partial charge in [0.05, 0.1) is 12.7 Å². The Labute approximate surface area is 134 Å². The predicted octanol–water partition coefficient (Wildman–Crippen LogP) is 2.70. The molecule has 1 aromatic carbocycles. The fourth-order valence-electron chi connectivity index (χ4n) is 2.45. The van der Waals surface area contributed by atoms with E-state index in [1.807, 2.05) is 42.7 Å². The standard InChI is InChI=1S/C18H17N3O2/c1-23-18(22)16-6-2-4-15(10-16)13-21-9-8-20-17(21)11-14-5-3-7-19-12-14/h2-10,12H,11,13H2,1H3. The van der Waals surface area contributed by atoms with Crippen LogP contribution >= 0.6 is 0 Å². The minimum Gasteiger partial charge on any atom is -0.465 e. The number of aromatic nitrogens is 3. The molecule has 0 unspecified atom stereocenters. The van der Waals surface area contributed by atoms with Gasteiger partial charge in [-0.3, -0.25) is 4.98 Å². The number of imidazole rings is 1. The van der Waals surface area contributed by atoms with Crippen LogP contribution in [0.1, 0.15) is 27.3 Å². The first kappa shape index (κ1) is 15.0. The lowest BCUT2D eigenvalue weighted by molar-refractivity contribution is 0.0600. The van der Waals surface area contributed by atoms with E-state index in [2.05, 4.69) is 14.5 Å². The van der Waals surface area contributed by atoms with Crippen molar-refractivity contribution in [2.75, 3.05) is 7.11 Å². The summed E-state index contributed by atoms with van der Waals surface area (Å²) in [6.45, 7) is 0.653. The highest BCUT2D eigenvalue weighted by atomic mass is 16.5. The number of methoxy groups -OCH3 is 1. The molecule has 0 fully saturated rings. The van der Waals surface area contributed by atoms with Gasteiger partial charge in [-0.2, -0.15) is 0 Å². The Morgan fingerprint density at radius 2 is 2.04 bits per heavy atom. The van der Waals surface area contributed by atoms with Crippen molar-refractivity contribution in [3.8, 4) is 0 Å². The number of rotatable bonds is 5. The van der Waals surface area contributed by atoms with Crippen LogP contribution in [0.5, 0.6) is 0 Å². The van der Waals surface area contributed by atoms with Crippen LogP contribution in [0.3, 0.4) is 0 Å². The molecule has 23 heavy (non-hydrogen) atoms. The summed E-state index contributed by atoms with van der Waals surface area (Å²) in [6.07, 6.45) is 8.05. The van der Waals surface area contributed by atoms with Gasteiger partial charge in [0.15, 0.2) is 0 Å². The minimum absolute atomic E-state index is 0.326. The molecular formula is C18H17N3O2. The molecule has 2 heterocycles. The number of pyridine rings is 1. The second-order valence-corrected chi connectivity index (χ2v) is 5.20. The Kier molecular flexibility index (Phi) is 4.47. The zero-order valence-electron chi connectivity index (χ0n) is 12.8. The van der Waals surface area contributed by atoms with E-state index in [-0.39, 0.29) is 5.97 Å². The lowest BCUT2D eigenvalue weighted by Gasteiger charge is -2.09. The van der Waals surface area contributed by atoms with E-state index < -0.39 is 0 Å². The third kappa shape index (κ3) is 3.63. The molecule has 5 nitrogen and oxygen atoms in total. The lowest BCUT2D eigenvalue weighted by atomic mass is 10.1. The van der Waals surface area contributed by atoms with E-state index >= 15 is 0 Å². The maximum absolute atomic E-state index is 11.6. The Morgan fingerprint density at radius 1 is 1.17 bits per heavy atom. The topological polar surface area (TPSA) is 57.0 Å². The molecule has 0 saturated carbocycles. The van der Waals surface area contributed by atoms with Gasteiger partial charge in [-0.05, 0) is 29.3 Å². The molecule has 0 saturated heterocycles. The van der Waals surface area contributed by atoms with Gasteiger partial charge in [0.25, 0.3) is 0 Å². The van der Waals surface area contributed by atoms with Gasteiger partial charge >= 0.3 is 5.97 Å². The Bertz CT molecular complexity index is 797. The van der Waals surface area contributed by atoms with E-state index in [0.717, 1.165) is 23.4 Å². The summed E-state index contributed by atoms with van der Waals surface area (Å²) in [5.74, 6) is 0.634. The van der Waals surface area contributed by atoms with Crippen LogP contribution < -0.4 is 0 Å². The molecule has 0 aliphatic rings. The van der Waals surface area contributed by atoms with Gasteiger partial charge in [-0.25, -0.2) is 9.78 Å². The Morgan fingerprint density at radius 3 is 2.83 bits per heavy atom. The van der Waals surface area contributed by atoms with Crippen molar-refractivity contribution in [3.05, 3.63) is 83.7 Å². The molecule has 3 aromatic rings. The second-order valence-electron chi connectivity index (χ2n) is 5.20. The number of benzene rings is 1. The smallest absolute Gasteiger partial charge is 0.337 e. The highest BCUT2D eigenvalue weighted by Gasteiger charge is 2.08. The number of esters is 1. The van der Waals surface area contributed by atoms with Gasteiger partial charge in [0.2, 0.25) is 0 Å². The number of hydrogen-bond acceptors (Lipinski definition) is 4. The molecule has 0 N–H and O–H groups in total. The summed E-state index contributed by atoms with van der Waals surface area (Å²) in [6, 6.07) is 11.4. The summed E-state index contributed by atoms with van der Waals surface area (Å²) < 4.78 is 6.84. The van der Waals surface area contributed by atoms with Crippen molar-refractivity contribution in [2.45, 2.75) is 13.0 Å². The van der Waals surface area contributed by atoms with Crippen LogP contribution in [0.2, 0.25) is 0 Å². The molecule has 0 amide bonds. The number of ether oxygens (including phenoxy) is 1. The number of hydrogen-bond donors (Lipinski definition) is 0. The zero-order chi connectivity index (χ0) is 16.1. The van der Waals surface area contributed by atoms with E-state index in [9.17, 15) is 4.79 Å². The first-order valence-corrected chi connectivity index (χ1v) is 7.32. The number of nitrogens with zero attached hydrogens (tertiary/aromatic N) is 3. The quantitative estimate of drug-likeness (QED) is 0.680. The van der Waals surface area contributed by atoms with Crippen LogP contribution in [0.15, 0.2) is 61.2 Å². The van der Waals surface area contributed by atoms with E-state index in [4.69, 9.17) is 4.74 Å². The van der Waals surface area contributed by atoms with Crippen LogP contribution in [0.4, 0.5) is 0 Å². The van der Waals surface area contributed by atoms with Gasteiger partial charge in [0, 0.05) is 37.8 Å². The summed E-state index contributed by atoms with van der Waals surface area (Å²) in [5.41, 5.74) is 2.69. The minimum atomic E-state index is -0.326. The van der Waals surface area contributed by atoms with E-state index in [1.165, 1.54) is 7.11 Å². The van der Waals surface area contributed by atoms with Crippen molar-refractivity contribution < 1.29 is 9.53 Å². The van der Waals surface area contributed by atoms with Crippen LogP contribution in [-0.4, -0.2) is 27.6 Å². The van der Waals surface area contributed by atoms with Crippen LogP contribution in [0.25, 0.3) is 0 Å². The van der Waals surface area contributed by atoms with Crippen LogP contribution in [-0.2, 0) is 17.7 Å². The molecule has 2 aromatic heterocycles. The molecule has 5 heteroatoms. The number of carbonyl (C=O) groups excluding carboxylic acids is 1. The maximum Gasteiger partial charge on any atom is 0.337 e. The monoisotopic (exact) mass is 307 g/mol. The van der Waals surface area contributed by atoms with Gasteiger partial charge < -0.3 is 9.30 Å². The van der Waals surface area contributed by atoms with Gasteiger partial charge in [-0.1, -0.05) is 18.2 Å². The highest BCUT2D eigenvalue weighted by molar-refractivity contribution is 5.89. The van der Waals surface area contributed by atoms with Gasteiger partial charge in [0.1, 0.15) is 5.82 Å². The molecule has 0 spiro atoms. The van der Waals surface area contributed by atoms with Crippen molar-refractivity contribution in [3.63, 3.8) is 0 Å². The first-order valence-electron chi connectivity index (χ1n) is 7.32. The normalized spacial score (nSPS) is 10.5. The van der Waals surface area contributed by atoms with Crippen LogP contribution in [0, 0.1) is 0 Å². The average Bonchev–Trinajstić information content (AvgIpc) is 3.02. The molecular weight excluding hydrogens is 290 g/mol. The van der Waals surface area contributed by atoms with Crippen molar-refractivity contribution in [2.24, 2.45) is 0 Å². The fraction of sp³-hybridized carbons (Fsp3) is 0.167. The molecule has 0 atom stereocenters. The molecule has 0 aliphatic carbocycles. The summed E-state index contributed by atoms with van der Waals surface area (Å²) in [5, 5.41) is 0. The molecule has 0 aliphatic heterocycles.